The van der Waals surface area contributed by atoms with Crippen LogP contribution in [0.5, 0.6) is 0 Å². The first-order valence-corrected chi connectivity index (χ1v) is 7.36. The molecule has 2 rings (SSSR count). The van der Waals surface area contributed by atoms with Crippen LogP contribution in [0.1, 0.15) is 10.4 Å². The Hall–Kier alpha value is -2.94. The summed E-state index contributed by atoms with van der Waals surface area (Å²) in [4.78, 5) is 20.4. The summed E-state index contributed by atoms with van der Waals surface area (Å²) >= 11 is 0. The number of sulfonamides is 1. The molecule has 0 spiro atoms. The number of rotatable bonds is 5. The Morgan fingerprint density at radius 2 is 1.73 bits per heavy atom. The van der Waals surface area contributed by atoms with Gasteiger partial charge >= 0.3 is 0 Å². The molecule has 0 aromatic heterocycles. The zero-order chi connectivity index (χ0) is 16.3. The SMILES string of the molecule is O=C([O-])c1cccc(S(=O)(=O)Nc2ccc([N+](=O)[O-])cc2)c1. The van der Waals surface area contributed by atoms with Gasteiger partial charge in [0.05, 0.1) is 15.8 Å². The van der Waals surface area contributed by atoms with Crippen LogP contribution in [0.4, 0.5) is 11.4 Å². The second kappa shape index (κ2) is 5.82. The van der Waals surface area contributed by atoms with Crippen molar-refractivity contribution in [1.29, 1.82) is 0 Å². The monoisotopic (exact) mass is 321 g/mol. The summed E-state index contributed by atoms with van der Waals surface area (Å²) in [5.74, 6) is -1.49. The van der Waals surface area contributed by atoms with E-state index in [0.29, 0.717) is 0 Å². The summed E-state index contributed by atoms with van der Waals surface area (Å²) in [5, 5.41) is 21.3. The number of nitrogens with one attached hydrogen (secondary N) is 1. The highest BCUT2D eigenvalue weighted by Gasteiger charge is 2.15. The molecule has 0 unspecified atom stereocenters. The van der Waals surface area contributed by atoms with Crippen molar-refractivity contribution in [3.8, 4) is 0 Å². The Bertz CT molecular complexity index is 830. The number of carbonyl (C=O) groups excluding carboxylic acids is 1. The standard InChI is InChI=1S/C13H10N2O6S/c16-13(17)9-2-1-3-12(8-9)22(20,21)14-10-4-6-11(7-5-10)15(18)19/h1-8,14H,(H,16,17)/p-1. The highest BCUT2D eigenvalue weighted by molar-refractivity contribution is 7.92. The van der Waals surface area contributed by atoms with Gasteiger partial charge in [0.2, 0.25) is 0 Å². The third-order valence-corrected chi connectivity index (χ3v) is 4.09. The van der Waals surface area contributed by atoms with Gasteiger partial charge in [0, 0.05) is 17.8 Å². The van der Waals surface area contributed by atoms with Gasteiger partial charge in [-0.1, -0.05) is 12.1 Å². The zero-order valence-corrected chi connectivity index (χ0v) is 11.7. The van der Waals surface area contributed by atoms with Crippen molar-refractivity contribution in [2.45, 2.75) is 4.90 Å². The van der Waals surface area contributed by atoms with Crippen molar-refractivity contribution >= 4 is 27.4 Å². The van der Waals surface area contributed by atoms with Crippen LogP contribution in [-0.2, 0) is 10.0 Å². The van der Waals surface area contributed by atoms with Crippen molar-refractivity contribution in [2.24, 2.45) is 0 Å². The van der Waals surface area contributed by atoms with Crippen molar-refractivity contribution in [3.05, 3.63) is 64.2 Å². The minimum atomic E-state index is -4.01. The van der Waals surface area contributed by atoms with Gasteiger partial charge in [0.15, 0.2) is 0 Å². The van der Waals surface area contributed by atoms with E-state index in [2.05, 4.69) is 4.72 Å². The van der Waals surface area contributed by atoms with Crippen LogP contribution >= 0.6 is 0 Å². The molecule has 0 aliphatic heterocycles. The van der Waals surface area contributed by atoms with E-state index >= 15 is 0 Å². The van der Waals surface area contributed by atoms with Crippen LogP contribution in [0, 0.1) is 10.1 Å². The maximum absolute atomic E-state index is 12.1. The van der Waals surface area contributed by atoms with Crippen LogP contribution in [-0.4, -0.2) is 19.3 Å². The molecule has 2 aromatic rings. The molecule has 8 nitrogen and oxygen atoms in total. The highest BCUT2D eigenvalue weighted by Crippen LogP contribution is 2.20. The number of non-ortho nitro benzene ring substituents is 1. The first kappa shape index (κ1) is 15.4. The Morgan fingerprint density at radius 1 is 1.09 bits per heavy atom. The number of anilines is 1. The third-order valence-electron chi connectivity index (χ3n) is 2.71. The number of nitro benzene ring substituents is 1. The number of carboxylic acids is 1. The van der Waals surface area contributed by atoms with Crippen molar-refractivity contribution in [2.75, 3.05) is 4.72 Å². The summed E-state index contributed by atoms with van der Waals surface area (Å²) in [6.45, 7) is 0. The molecule has 0 saturated carbocycles. The van der Waals surface area contributed by atoms with Crippen molar-refractivity contribution in [3.63, 3.8) is 0 Å². The summed E-state index contributed by atoms with van der Waals surface area (Å²) in [5.41, 5.74) is -0.335. The Morgan fingerprint density at radius 3 is 2.27 bits per heavy atom. The average molecular weight is 321 g/mol. The fourth-order valence-corrected chi connectivity index (χ4v) is 2.76. The minimum Gasteiger partial charge on any atom is -0.545 e. The van der Waals surface area contributed by atoms with Gasteiger partial charge in [-0.25, -0.2) is 8.42 Å². The van der Waals surface area contributed by atoms with Crippen LogP contribution in [0.3, 0.4) is 0 Å². The number of hydrogen-bond acceptors (Lipinski definition) is 6. The molecular weight excluding hydrogens is 312 g/mol. The van der Waals surface area contributed by atoms with Crippen LogP contribution in [0.25, 0.3) is 0 Å². The molecular formula is C13H9N2O6S-. The van der Waals surface area contributed by atoms with Crippen LogP contribution in [0.2, 0.25) is 0 Å². The highest BCUT2D eigenvalue weighted by atomic mass is 32.2. The van der Waals surface area contributed by atoms with Crippen molar-refractivity contribution in [1.82, 2.24) is 0 Å². The molecule has 1 N–H and O–H groups in total. The maximum atomic E-state index is 12.1. The molecule has 22 heavy (non-hydrogen) atoms. The number of hydrogen-bond donors (Lipinski definition) is 1. The van der Waals surface area contributed by atoms with Crippen LogP contribution in [0.15, 0.2) is 53.4 Å². The first-order valence-electron chi connectivity index (χ1n) is 5.88. The number of aromatic carboxylic acids is 1. The van der Waals surface area contributed by atoms with E-state index in [-0.39, 0.29) is 21.8 Å². The molecule has 0 heterocycles. The Labute approximate surface area is 125 Å². The van der Waals surface area contributed by atoms with Crippen molar-refractivity contribution < 1.29 is 23.2 Å². The Balaban J connectivity index is 2.29. The predicted molar refractivity (Wildman–Crippen MR) is 74.7 cm³/mol. The van der Waals surface area contributed by atoms with E-state index < -0.39 is 20.9 Å². The second-order valence-corrected chi connectivity index (χ2v) is 5.91. The lowest BCUT2D eigenvalue weighted by molar-refractivity contribution is -0.384. The van der Waals surface area contributed by atoms with E-state index in [0.717, 1.165) is 18.2 Å². The molecule has 0 amide bonds. The third kappa shape index (κ3) is 3.38. The predicted octanol–water partition coefficient (Wildman–Crippen LogP) is 0.759. The topological polar surface area (TPSA) is 129 Å². The van der Waals surface area contributed by atoms with E-state index in [4.69, 9.17) is 0 Å². The smallest absolute Gasteiger partial charge is 0.269 e. The lowest BCUT2D eigenvalue weighted by Gasteiger charge is -2.09. The van der Waals surface area contributed by atoms with E-state index in [9.17, 15) is 28.4 Å². The molecule has 0 aliphatic carbocycles. The van der Waals surface area contributed by atoms with E-state index in [1.165, 1.54) is 30.3 Å². The minimum absolute atomic E-state index is 0.115. The van der Waals surface area contributed by atoms with Gasteiger partial charge in [-0.2, -0.15) is 0 Å². The van der Waals surface area contributed by atoms with E-state index in [1.54, 1.807) is 0 Å². The summed E-state index contributed by atoms with van der Waals surface area (Å²) in [6, 6.07) is 9.43. The number of carboxylic acid groups (broad SMARTS) is 1. The van der Waals surface area contributed by atoms with Gasteiger partial charge in [0.25, 0.3) is 15.7 Å². The van der Waals surface area contributed by atoms with Gasteiger partial charge < -0.3 is 9.90 Å². The summed E-state index contributed by atoms with van der Waals surface area (Å²) < 4.78 is 26.5. The maximum Gasteiger partial charge on any atom is 0.269 e. The molecule has 0 bridgehead atoms. The molecule has 0 aliphatic rings. The molecule has 114 valence electrons. The molecule has 0 atom stereocenters. The quantitative estimate of drug-likeness (QED) is 0.639. The lowest BCUT2D eigenvalue weighted by Crippen LogP contribution is -2.23. The molecule has 2 aromatic carbocycles. The molecule has 0 fully saturated rings. The van der Waals surface area contributed by atoms with Gasteiger partial charge in [-0.05, 0) is 29.8 Å². The lowest BCUT2D eigenvalue weighted by atomic mass is 10.2. The average Bonchev–Trinajstić information content (AvgIpc) is 2.47. The largest absolute Gasteiger partial charge is 0.545 e. The number of nitrogens with zero attached hydrogens (tertiary/aromatic N) is 1. The molecule has 0 radical (unpaired) electrons. The summed E-state index contributed by atoms with van der Waals surface area (Å²) in [6.07, 6.45) is 0. The van der Waals surface area contributed by atoms with Gasteiger partial charge in [-0.15, -0.1) is 0 Å². The number of benzene rings is 2. The normalized spacial score (nSPS) is 10.9. The van der Waals surface area contributed by atoms with Gasteiger partial charge in [0.1, 0.15) is 0 Å². The van der Waals surface area contributed by atoms with E-state index in [1.807, 2.05) is 0 Å². The second-order valence-electron chi connectivity index (χ2n) is 4.22. The zero-order valence-electron chi connectivity index (χ0n) is 10.9. The first-order chi connectivity index (χ1) is 10.3. The fourth-order valence-electron chi connectivity index (χ4n) is 1.66. The summed E-state index contributed by atoms with van der Waals surface area (Å²) in [7, 11) is -4.01. The Kier molecular flexibility index (Phi) is 4.08. The number of carbonyl (C=O) groups is 1. The number of nitro groups is 1. The van der Waals surface area contributed by atoms with Gasteiger partial charge in [-0.3, -0.25) is 14.8 Å². The molecule has 0 saturated heterocycles. The fraction of sp³-hybridized carbons (Fsp3) is 0. The van der Waals surface area contributed by atoms with Crippen LogP contribution < -0.4 is 9.83 Å². The molecule has 9 heteroatoms.